The molecular weight excluding hydrogens is 446 g/mol. The molecule has 9 heteroatoms. The Balaban J connectivity index is 1.31. The molecule has 168 valence electrons. The molecule has 2 N–H and O–H groups in total. The van der Waals surface area contributed by atoms with Crippen molar-refractivity contribution in [1.82, 2.24) is 10.2 Å². The second-order valence-electron chi connectivity index (χ2n) is 7.35. The van der Waals surface area contributed by atoms with Crippen molar-refractivity contribution in [2.75, 3.05) is 32.8 Å². The highest BCUT2D eigenvalue weighted by molar-refractivity contribution is 6.30. The third-order valence-electron chi connectivity index (χ3n) is 5.00. The summed E-state index contributed by atoms with van der Waals surface area (Å²) < 4.78 is 24.4. The summed E-state index contributed by atoms with van der Waals surface area (Å²) in [6, 6.07) is 11.3. The lowest BCUT2D eigenvalue weighted by Gasteiger charge is -2.33. The Kier molecular flexibility index (Phi) is 8.78. The fraction of sp³-hybridized carbons (Fsp3) is 0.409. The van der Waals surface area contributed by atoms with Crippen LogP contribution in [0, 0.1) is 5.82 Å². The number of nitrogens with zero attached hydrogens (tertiary/aromatic N) is 1. The molecule has 0 radical (unpaired) electrons. The maximum Gasteiger partial charge on any atom is 0.260 e. The van der Waals surface area contributed by atoms with Gasteiger partial charge in [0.15, 0.2) is 6.61 Å². The minimum Gasteiger partial charge on any atom is -0.491 e. The molecule has 1 aliphatic rings. The maximum atomic E-state index is 13.4. The molecule has 31 heavy (non-hydrogen) atoms. The van der Waals surface area contributed by atoms with Gasteiger partial charge in [-0.1, -0.05) is 23.2 Å². The lowest BCUT2D eigenvalue weighted by molar-refractivity contribution is -0.134. The molecule has 2 aromatic rings. The Morgan fingerprint density at radius 2 is 1.81 bits per heavy atom. The van der Waals surface area contributed by atoms with Crippen molar-refractivity contribution < 1.29 is 23.8 Å². The zero-order chi connectivity index (χ0) is 22.2. The van der Waals surface area contributed by atoms with Crippen LogP contribution in [0.2, 0.25) is 10.0 Å². The number of aliphatic hydroxyl groups excluding tert-OH is 1. The van der Waals surface area contributed by atoms with Gasteiger partial charge in [-0.25, -0.2) is 4.39 Å². The molecule has 1 heterocycles. The molecule has 1 aliphatic heterocycles. The van der Waals surface area contributed by atoms with Gasteiger partial charge in [-0.05, 0) is 49.2 Å². The summed E-state index contributed by atoms with van der Waals surface area (Å²) in [5, 5.41) is 14.1. The first-order chi connectivity index (χ1) is 14.9. The van der Waals surface area contributed by atoms with Crippen LogP contribution in [0.1, 0.15) is 12.8 Å². The van der Waals surface area contributed by atoms with Crippen LogP contribution < -0.4 is 14.8 Å². The van der Waals surface area contributed by atoms with Gasteiger partial charge < -0.3 is 24.8 Å². The number of piperidine rings is 1. The molecular formula is C22H25Cl2FN2O4. The molecule has 2 aromatic carbocycles. The summed E-state index contributed by atoms with van der Waals surface area (Å²) in [4.78, 5) is 14.1. The van der Waals surface area contributed by atoms with E-state index in [0.717, 1.165) is 18.9 Å². The maximum absolute atomic E-state index is 13.4. The average molecular weight is 471 g/mol. The highest BCUT2D eigenvalue weighted by atomic mass is 35.5. The number of aliphatic hydroxyl groups is 1. The number of hydrogen-bond acceptors (Lipinski definition) is 5. The largest absolute Gasteiger partial charge is 0.491 e. The fourth-order valence-corrected chi connectivity index (χ4v) is 3.46. The molecule has 1 saturated heterocycles. The van der Waals surface area contributed by atoms with Crippen molar-refractivity contribution in [3.05, 3.63) is 58.3 Å². The average Bonchev–Trinajstić information content (AvgIpc) is 2.78. The Labute approximate surface area is 190 Å². The third kappa shape index (κ3) is 7.54. The van der Waals surface area contributed by atoms with Gasteiger partial charge in [0, 0.05) is 36.8 Å². The molecule has 1 amide bonds. The number of rotatable bonds is 9. The normalized spacial score (nSPS) is 15.5. The molecule has 3 rings (SSSR count). The Bertz CT molecular complexity index is 861. The zero-order valence-electron chi connectivity index (χ0n) is 16.9. The number of benzene rings is 2. The van der Waals surface area contributed by atoms with Crippen LogP contribution in [0.5, 0.6) is 11.5 Å². The van der Waals surface area contributed by atoms with Crippen LogP contribution in [0.25, 0.3) is 0 Å². The van der Waals surface area contributed by atoms with Crippen LogP contribution >= 0.6 is 23.2 Å². The number of carbonyl (C=O) groups excluding carboxylic acids is 1. The van der Waals surface area contributed by atoms with E-state index >= 15 is 0 Å². The van der Waals surface area contributed by atoms with Crippen LogP contribution in [0.3, 0.4) is 0 Å². The van der Waals surface area contributed by atoms with E-state index < -0.39 is 11.9 Å². The van der Waals surface area contributed by atoms with E-state index in [1.54, 1.807) is 29.2 Å². The smallest absolute Gasteiger partial charge is 0.260 e. The van der Waals surface area contributed by atoms with Gasteiger partial charge in [0.2, 0.25) is 0 Å². The number of hydrogen-bond donors (Lipinski definition) is 2. The van der Waals surface area contributed by atoms with E-state index in [-0.39, 0.29) is 35.9 Å². The predicted octanol–water partition coefficient (Wildman–Crippen LogP) is 3.53. The van der Waals surface area contributed by atoms with Gasteiger partial charge in [0.05, 0.1) is 5.02 Å². The van der Waals surface area contributed by atoms with Crippen molar-refractivity contribution in [3.63, 3.8) is 0 Å². The van der Waals surface area contributed by atoms with Crippen LogP contribution in [0.15, 0.2) is 42.5 Å². The van der Waals surface area contributed by atoms with Crippen LogP contribution in [-0.4, -0.2) is 60.9 Å². The number of amides is 1. The first-order valence-corrected chi connectivity index (χ1v) is 10.8. The second-order valence-corrected chi connectivity index (χ2v) is 8.19. The molecule has 0 aliphatic carbocycles. The van der Waals surface area contributed by atoms with E-state index in [1.165, 1.54) is 12.1 Å². The first kappa shape index (κ1) is 23.6. The van der Waals surface area contributed by atoms with E-state index in [0.29, 0.717) is 30.4 Å². The van der Waals surface area contributed by atoms with Gasteiger partial charge >= 0.3 is 0 Å². The quantitative estimate of drug-likeness (QED) is 0.586. The van der Waals surface area contributed by atoms with E-state index in [4.69, 9.17) is 32.7 Å². The summed E-state index contributed by atoms with van der Waals surface area (Å²) in [5.74, 6) is 0.185. The molecule has 0 spiro atoms. The summed E-state index contributed by atoms with van der Waals surface area (Å²) in [7, 11) is 0. The number of ether oxygens (including phenoxy) is 2. The molecule has 0 bridgehead atoms. The Morgan fingerprint density at radius 1 is 1.13 bits per heavy atom. The molecule has 1 unspecified atom stereocenters. The van der Waals surface area contributed by atoms with Crippen molar-refractivity contribution in [1.29, 1.82) is 0 Å². The standard InChI is InChI=1S/C22H25Cl2FN2O4/c23-15-1-3-18(4-2-15)30-13-17(28)12-26-16-7-9-27(10-8-16)22(29)14-31-19-5-6-20(24)21(25)11-19/h1-6,11,16-17,26,28H,7-10,12-14H2. The first-order valence-electron chi connectivity index (χ1n) is 10.1. The molecule has 0 saturated carbocycles. The van der Waals surface area contributed by atoms with Gasteiger partial charge in [0.25, 0.3) is 5.91 Å². The number of likely N-dealkylation sites (tertiary alicyclic amines) is 1. The second kappa shape index (κ2) is 11.5. The molecule has 0 aromatic heterocycles. The van der Waals surface area contributed by atoms with Gasteiger partial charge in [0.1, 0.15) is 30.0 Å². The lowest BCUT2D eigenvalue weighted by atomic mass is 10.0. The minimum absolute atomic E-state index is 0.00918. The molecule has 1 atom stereocenters. The minimum atomic E-state index is -0.650. The van der Waals surface area contributed by atoms with Crippen molar-refractivity contribution >= 4 is 29.1 Å². The summed E-state index contributed by atoms with van der Waals surface area (Å²) in [6.45, 7) is 1.60. The van der Waals surface area contributed by atoms with Gasteiger partial charge in [-0.3, -0.25) is 4.79 Å². The SMILES string of the molecule is O=C(COc1ccc(Cl)c(F)c1)N1CCC(NCC(O)COc2ccc(Cl)cc2)CC1. The number of carbonyl (C=O) groups is 1. The van der Waals surface area contributed by atoms with Crippen LogP contribution in [0.4, 0.5) is 4.39 Å². The zero-order valence-corrected chi connectivity index (χ0v) is 18.4. The monoisotopic (exact) mass is 470 g/mol. The van der Waals surface area contributed by atoms with E-state index in [1.807, 2.05) is 0 Å². The molecule has 1 fully saturated rings. The van der Waals surface area contributed by atoms with Gasteiger partial charge in [-0.15, -0.1) is 0 Å². The Morgan fingerprint density at radius 3 is 2.48 bits per heavy atom. The number of halogens is 3. The van der Waals surface area contributed by atoms with Crippen molar-refractivity contribution in [2.24, 2.45) is 0 Å². The summed E-state index contributed by atoms with van der Waals surface area (Å²) in [6.07, 6.45) is 0.890. The van der Waals surface area contributed by atoms with Gasteiger partial charge in [-0.2, -0.15) is 0 Å². The topological polar surface area (TPSA) is 71.0 Å². The predicted molar refractivity (Wildman–Crippen MR) is 117 cm³/mol. The van der Waals surface area contributed by atoms with Crippen LogP contribution in [-0.2, 0) is 4.79 Å². The van der Waals surface area contributed by atoms with E-state index in [9.17, 15) is 14.3 Å². The highest BCUT2D eigenvalue weighted by Crippen LogP contribution is 2.20. The fourth-order valence-electron chi connectivity index (χ4n) is 3.22. The summed E-state index contributed by atoms with van der Waals surface area (Å²) in [5.41, 5.74) is 0. The summed E-state index contributed by atoms with van der Waals surface area (Å²) >= 11 is 11.5. The Hall–Kier alpha value is -2.06. The molecule has 6 nitrogen and oxygen atoms in total. The lowest BCUT2D eigenvalue weighted by Crippen LogP contribution is -2.48. The third-order valence-corrected chi connectivity index (χ3v) is 5.56. The van der Waals surface area contributed by atoms with Crippen molar-refractivity contribution in [3.8, 4) is 11.5 Å². The van der Waals surface area contributed by atoms with Crippen molar-refractivity contribution in [2.45, 2.75) is 25.0 Å². The van der Waals surface area contributed by atoms with E-state index in [2.05, 4.69) is 5.32 Å². The highest BCUT2D eigenvalue weighted by Gasteiger charge is 2.23. The number of nitrogens with one attached hydrogen (secondary N) is 1.